The number of ether oxygens (including phenoxy) is 3. The number of hydrogen-bond acceptors (Lipinski definition) is 3. The molecule has 0 radical (unpaired) electrons. The van der Waals surface area contributed by atoms with Gasteiger partial charge in [-0.25, -0.2) is 0 Å². The van der Waals surface area contributed by atoms with Crippen molar-refractivity contribution in [1.82, 2.24) is 0 Å². The maximum atomic E-state index is 5.61. The van der Waals surface area contributed by atoms with E-state index in [0.717, 1.165) is 16.6 Å². The number of halogens is 1. The molecule has 88 valence electrons. The summed E-state index contributed by atoms with van der Waals surface area (Å²) < 4.78 is 17.6. The summed E-state index contributed by atoms with van der Waals surface area (Å²) >= 11 is 3.38. The number of hydrogen-bond donors (Lipinski definition) is 0. The van der Waals surface area contributed by atoms with Crippen LogP contribution in [0.15, 0.2) is 28.7 Å². The molecule has 1 heterocycles. The van der Waals surface area contributed by atoms with Crippen molar-refractivity contribution < 1.29 is 14.2 Å². The van der Waals surface area contributed by atoms with Gasteiger partial charge in [-0.1, -0.05) is 15.9 Å². The Balaban J connectivity index is 1.77. The summed E-state index contributed by atoms with van der Waals surface area (Å²) in [4.78, 5) is 0. The molecule has 0 amide bonds. The molecule has 1 aliphatic rings. The monoisotopic (exact) mass is 286 g/mol. The third kappa shape index (κ3) is 3.20. The van der Waals surface area contributed by atoms with Crippen molar-refractivity contribution in [3.63, 3.8) is 0 Å². The first-order chi connectivity index (χ1) is 7.68. The largest absolute Gasteiger partial charge is 0.493 e. The van der Waals surface area contributed by atoms with E-state index in [1.54, 1.807) is 0 Å². The second kappa shape index (κ2) is 5.17. The van der Waals surface area contributed by atoms with Gasteiger partial charge in [0.15, 0.2) is 5.79 Å². The van der Waals surface area contributed by atoms with Crippen molar-refractivity contribution in [3.05, 3.63) is 28.7 Å². The number of benzene rings is 1. The quantitative estimate of drug-likeness (QED) is 0.852. The van der Waals surface area contributed by atoms with Crippen LogP contribution in [0.5, 0.6) is 5.75 Å². The molecule has 16 heavy (non-hydrogen) atoms. The fourth-order valence-corrected chi connectivity index (χ4v) is 1.85. The van der Waals surface area contributed by atoms with Crippen molar-refractivity contribution in [2.75, 3.05) is 19.8 Å². The van der Waals surface area contributed by atoms with Crippen molar-refractivity contribution in [2.24, 2.45) is 0 Å². The standard InChI is InChI=1S/C12H15BrO3/c1-12(15-8-9-16-12)6-7-14-11-4-2-10(13)3-5-11/h2-5H,6-9H2,1H3. The highest BCUT2D eigenvalue weighted by Gasteiger charge is 2.30. The van der Waals surface area contributed by atoms with E-state index in [1.165, 1.54) is 0 Å². The Hall–Kier alpha value is -0.580. The molecule has 1 fully saturated rings. The molecule has 2 rings (SSSR count). The van der Waals surface area contributed by atoms with Gasteiger partial charge in [0.05, 0.1) is 19.8 Å². The van der Waals surface area contributed by atoms with Crippen molar-refractivity contribution in [2.45, 2.75) is 19.1 Å². The summed E-state index contributed by atoms with van der Waals surface area (Å²) in [5.74, 6) is 0.403. The van der Waals surface area contributed by atoms with Gasteiger partial charge in [0.1, 0.15) is 5.75 Å². The predicted molar refractivity (Wildman–Crippen MR) is 64.6 cm³/mol. The second-order valence-corrected chi connectivity index (χ2v) is 4.80. The minimum absolute atomic E-state index is 0.463. The molecule has 0 aliphatic carbocycles. The van der Waals surface area contributed by atoms with Crippen LogP contribution in [-0.4, -0.2) is 25.6 Å². The molecular weight excluding hydrogens is 272 g/mol. The van der Waals surface area contributed by atoms with E-state index in [2.05, 4.69) is 15.9 Å². The lowest BCUT2D eigenvalue weighted by Crippen LogP contribution is -2.27. The Morgan fingerprint density at radius 3 is 2.50 bits per heavy atom. The fraction of sp³-hybridized carbons (Fsp3) is 0.500. The molecule has 0 bridgehead atoms. The Labute approximate surface area is 104 Å². The molecule has 0 saturated carbocycles. The SMILES string of the molecule is CC1(CCOc2ccc(Br)cc2)OCCO1. The first kappa shape index (κ1) is 11.9. The van der Waals surface area contributed by atoms with Crippen molar-refractivity contribution in [3.8, 4) is 5.75 Å². The highest BCUT2D eigenvalue weighted by molar-refractivity contribution is 9.10. The molecule has 3 nitrogen and oxygen atoms in total. The minimum Gasteiger partial charge on any atom is -0.493 e. The normalized spacial score (nSPS) is 18.6. The summed E-state index contributed by atoms with van der Waals surface area (Å²) in [6.45, 7) is 3.90. The van der Waals surface area contributed by atoms with Gasteiger partial charge in [0.2, 0.25) is 0 Å². The van der Waals surface area contributed by atoms with Crippen LogP contribution in [0, 0.1) is 0 Å². The van der Waals surface area contributed by atoms with Crippen LogP contribution in [0.1, 0.15) is 13.3 Å². The zero-order valence-electron chi connectivity index (χ0n) is 9.24. The molecule has 1 aromatic rings. The number of rotatable bonds is 4. The van der Waals surface area contributed by atoms with Crippen molar-refractivity contribution in [1.29, 1.82) is 0 Å². The molecular formula is C12H15BrO3. The third-order valence-electron chi connectivity index (χ3n) is 2.54. The Morgan fingerprint density at radius 2 is 1.88 bits per heavy atom. The fourth-order valence-electron chi connectivity index (χ4n) is 1.59. The van der Waals surface area contributed by atoms with Gasteiger partial charge in [0, 0.05) is 10.9 Å². The van der Waals surface area contributed by atoms with E-state index in [9.17, 15) is 0 Å². The highest BCUT2D eigenvalue weighted by atomic mass is 79.9. The van der Waals surface area contributed by atoms with Gasteiger partial charge in [0.25, 0.3) is 0 Å². The van der Waals surface area contributed by atoms with Gasteiger partial charge >= 0.3 is 0 Å². The van der Waals surface area contributed by atoms with E-state index in [-0.39, 0.29) is 0 Å². The zero-order chi connectivity index (χ0) is 11.4. The third-order valence-corrected chi connectivity index (χ3v) is 3.07. The first-order valence-electron chi connectivity index (χ1n) is 5.34. The maximum Gasteiger partial charge on any atom is 0.168 e. The van der Waals surface area contributed by atoms with E-state index in [0.29, 0.717) is 19.8 Å². The van der Waals surface area contributed by atoms with Crippen LogP contribution in [0.2, 0.25) is 0 Å². The molecule has 0 aromatic heterocycles. The van der Waals surface area contributed by atoms with Crippen LogP contribution < -0.4 is 4.74 Å². The van der Waals surface area contributed by atoms with Crippen LogP contribution >= 0.6 is 15.9 Å². The van der Waals surface area contributed by atoms with Crippen LogP contribution in [0.25, 0.3) is 0 Å². The summed E-state index contributed by atoms with van der Waals surface area (Å²) in [5.41, 5.74) is 0. The van der Waals surface area contributed by atoms with Gasteiger partial charge in [-0.15, -0.1) is 0 Å². The summed E-state index contributed by atoms with van der Waals surface area (Å²) in [5, 5.41) is 0. The molecule has 1 aromatic carbocycles. The van der Waals surface area contributed by atoms with Gasteiger partial charge < -0.3 is 14.2 Å². The molecule has 1 aliphatic heterocycles. The lowest BCUT2D eigenvalue weighted by molar-refractivity contribution is -0.150. The zero-order valence-corrected chi connectivity index (χ0v) is 10.8. The maximum absolute atomic E-state index is 5.61. The van der Waals surface area contributed by atoms with Crippen LogP contribution in [0.3, 0.4) is 0 Å². The Morgan fingerprint density at radius 1 is 1.25 bits per heavy atom. The Kier molecular flexibility index (Phi) is 3.84. The molecule has 0 atom stereocenters. The molecule has 1 saturated heterocycles. The topological polar surface area (TPSA) is 27.7 Å². The van der Waals surface area contributed by atoms with Gasteiger partial charge in [-0.05, 0) is 31.2 Å². The second-order valence-electron chi connectivity index (χ2n) is 3.88. The van der Waals surface area contributed by atoms with Crippen LogP contribution in [0.4, 0.5) is 0 Å². The highest BCUT2D eigenvalue weighted by Crippen LogP contribution is 2.23. The molecule has 0 spiro atoms. The first-order valence-corrected chi connectivity index (χ1v) is 6.14. The van der Waals surface area contributed by atoms with Crippen molar-refractivity contribution >= 4 is 15.9 Å². The summed E-state index contributed by atoms with van der Waals surface area (Å²) in [6, 6.07) is 7.78. The van der Waals surface area contributed by atoms with Gasteiger partial charge in [-0.3, -0.25) is 0 Å². The molecule has 0 N–H and O–H groups in total. The van der Waals surface area contributed by atoms with Crippen LogP contribution in [-0.2, 0) is 9.47 Å². The average Bonchev–Trinajstić information content (AvgIpc) is 2.69. The molecule has 0 unspecified atom stereocenters. The van der Waals surface area contributed by atoms with E-state index in [1.807, 2.05) is 31.2 Å². The summed E-state index contributed by atoms with van der Waals surface area (Å²) in [7, 11) is 0. The smallest absolute Gasteiger partial charge is 0.168 e. The predicted octanol–water partition coefficient (Wildman–Crippen LogP) is 2.98. The summed E-state index contributed by atoms with van der Waals surface area (Å²) in [6.07, 6.45) is 0.739. The van der Waals surface area contributed by atoms with E-state index < -0.39 is 5.79 Å². The average molecular weight is 287 g/mol. The Bertz CT molecular complexity index is 331. The van der Waals surface area contributed by atoms with E-state index >= 15 is 0 Å². The van der Waals surface area contributed by atoms with Gasteiger partial charge in [-0.2, -0.15) is 0 Å². The lowest BCUT2D eigenvalue weighted by atomic mass is 10.2. The van der Waals surface area contributed by atoms with E-state index in [4.69, 9.17) is 14.2 Å². The lowest BCUT2D eigenvalue weighted by Gasteiger charge is -2.21. The molecule has 4 heteroatoms. The minimum atomic E-state index is -0.463.